The minimum atomic E-state index is -1.27. The number of nitrogens with zero attached hydrogens (tertiary/aromatic N) is 1. The van der Waals surface area contributed by atoms with E-state index in [9.17, 15) is 28.8 Å². The van der Waals surface area contributed by atoms with Crippen molar-refractivity contribution in [3.8, 4) is 16.9 Å². The summed E-state index contributed by atoms with van der Waals surface area (Å²) in [6.07, 6.45) is 3.89. The summed E-state index contributed by atoms with van der Waals surface area (Å²) in [6.45, 7) is 5.98. The van der Waals surface area contributed by atoms with Gasteiger partial charge in [-0.05, 0) is 60.7 Å². The largest absolute Gasteiger partial charge is 0.493 e. The fraction of sp³-hybridized carbons (Fsp3) is 0.415. The minimum Gasteiger partial charge on any atom is -0.493 e. The average molecular weight is 761 g/mol. The molecule has 0 spiro atoms. The van der Waals surface area contributed by atoms with Gasteiger partial charge in [-0.3, -0.25) is 28.8 Å². The molecule has 14 heteroatoms. The Labute approximate surface area is 322 Å². The quantitative estimate of drug-likeness (QED) is 0.0394. The van der Waals surface area contributed by atoms with Crippen LogP contribution in [0.4, 0.5) is 0 Å². The zero-order chi connectivity index (χ0) is 40.2. The highest BCUT2D eigenvalue weighted by atomic mass is 16.7. The molecule has 0 aliphatic carbocycles. The fourth-order valence-corrected chi connectivity index (χ4v) is 5.95. The summed E-state index contributed by atoms with van der Waals surface area (Å²) < 4.78 is 15.1. The van der Waals surface area contributed by atoms with Crippen molar-refractivity contribution in [1.29, 1.82) is 0 Å². The molecule has 55 heavy (non-hydrogen) atoms. The summed E-state index contributed by atoms with van der Waals surface area (Å²) >= 11 is 0. The van der Waals surface area contributed by atoms with Gasteiger partial charge in [0.15, 0.2) is 0 Å². The molecule has 3 N–H and O–H groups in total. The van der Waals surface area contributed by atoms with Gasteiger partial charge >= 0.3 is 11.9 Å². The molecule has 0 fully saturated rings. The van der Waals surface area contributed by atoms with Crippen molar-refractivity contribution >= 4 is 36.1 Å². The van der Waals surface area contributed by atoms with Crippen LogP contribution in [0.15, 0.2) is 72.8 Å². The summed E-state index contributed by atoms with van der Waals surface area (Å²) in [4.78, 5) is 82.1. The summed E-state index contributed by atoms with van der Waals surface area (Å²) in [5.41, 5.74) is 2.61. The molecule has 0 radical (unpaired) electrons. The van der Waals surface area contributed by atoms with Gasteiger partial charge in [-0.1, -0.05) is 81.6 Å². The number of carbonyl (C=O) groups excluding carboxylic acids is 6. The number of carbonyl (C=O) groups is 6. The third-order valence-electron chi connectivity index (χ3n) is 8.88. The first kappa shape index (κ1) is 43.6. The molecule has 0 bridgehead atoms. The Hall–Kier alpha value is -5.76. The number of benzene rings is 3. The highest BCUT2D eigenvalue weighted by Crippen LogP contribution is 2.29. The van der Waals surface area contributed by atoms with Crippen LogP contribution in [-0.2, 0) is 40.1 Å². The third-order valence-corrected chi connectivity index (χ3v) is 8.88. The Bertz CT molecular complexity index is 1730. The first-order valence-corrected chi connectivity index (χ1v) is 18.4. The van der Waals surface area contributed by atoms with Gasteiger partial charge in [0.2, 0.25) is 12.3 Å². The number of hydroxylamine groups is 2. The second kappa shape index (κ2) is 23.1. The molecule has 4 amide bonds. The summed E-state index contributed by atoms with van der Waals surface area (Å²) in [7, 11) is 2.31. The van der Waals surface area contributed by atoms with E-state index in [1.807, 2.05) is 37.3 Å². The number of esters is 2. The van der Waals surface area contributed by atoms with Crippen LogP contribution in [0.25, 0.3) is 11.1 Å². The average Bonchev–Trinajstić information content (AvgIpc) is 3.21. The first-order valence-electron chi connectivity index (χ1n) is 18.4. The molecule has 0 aliphatic heterocycles. The number of ether oxygens (including phenoxy) is 3. The molecular formula is C41H52N4O10. The summed E-state index contributed by atoms with van der Waals surface area (Å²) in [6, 6.07) is 19.3. The van der Waals surface area contributed by atoms with Gasteiger partial charge in [0.25, 0.3) is 11.8 Å². The maximum atomic E-state index is 13.6. The van der Waals surface area contributed by atoms with E-state index in [4.69, 9.17) is 14.3 Å². The molecule has 0 heterocycles. The maximum Gasteiger partial charge on any atom is 0.328 e. The van der Waals surface area contributed by atoms with Gasteiger partial charge in [0, 0.05) is 5.56 Å². The lowest BCUT2D eigenvalue weighted by atomic mass is 9.90. The van der Waals surface area contributed by atoms with Crippen LogP contribution in [0.2, 0.25) is 0 Å². The van der Waals surface area contributed by atoms with Crippen LogP contribution < -0.4 is 20.7 Å². The second-order valence-corrected chi connectivity index (χ2v) is 12.6. The van der Waals surface area contributed by atoms with Crippen molar-refractivity contribution in [2.75, 3.05) is 27.5 Å². The first-order chi connectivity index (χ1) is 26.6. The molecule has 0 saturated heterocycles. The Kier molecular flexibility index (Phi) is 18.3. The number of methoxy groups -OCH3 is 2. The van der Waals surface area contributed by atoms with Crippen LogP contribution >= 0.6 is 0 Å². The van der Waals surface area contributed by atoms with Gasteiger partial charge in [-0.15, -0.1) is 0 Å². The zero-order valence-corrected chi connectivity index (χ0v) is 32.1. The third kappa shape index (κ3) is 13.2. The van der Waals surface area contributed by atoms with Crippen LogP contribution in [0.1, 0.15) is 85.6 Å². The fourth-order valence-electron chi connectivity index (χ4n) is 5.95. The molecule has 0 aliphatic rings. The predicted molar refractivity (Wildman–Crippen MR) is 204 cm³/mol. The van der Waals surface area contributed by atoms with Crippen molar-refractivity contribution < 1.29 is 47.8 Å². The normalized spacial score (nSPS) is 12.3. The molecule has 14 nitrogen and oxygen atoms in total. The van der Waals surface area contributed by atoms with E-state index in [0.717, 1.165) is 31.9 Å². The van der Waals surface area contributed by atoms with E-state index < -0.39 is 48.2 Å². The standard InChI is InChI=1S/C41H52N4O10/c1-6-9-11-19-32(35(7-2)45(27-46)55-25-28-15-12-10-13-16-28)39(49)43-26-42-38(48)31-18-14-17-29(22-31)30-20-21-33(36(23-30)54-8-3)40(50)44-34(41(51)53-5)24-37(47)52-4/h10,12-18,20-23,27,32,34-35H,6-9,11,19,24-26H2,1-5H3,(H,42,48)(H,43,49)(H,44,50)/t32-,34+,35-/m1/s1. The van der Waals surface area contributed by atoms with E-state index in [1.165, 1.54) is 18.2 Å². The van der Waals surface area contributed by atoms with Crippen molar-refractivity contribution in [3.63, 3.8) is 0 Å². The number of hydrogen-bond donors (Lipinski definition) is 3. The highest BCUT2D eigenvalue weighted by Gasteiger charge is 2.32. The Morgan fingerprint density at radius 1 is 0.818 bits per heavy atom. The molecular weight excluding hydrogens is 708 g/mol. The molecule has 3 aromatic carbocycles. The van der Waals surface area contributed by atoms with Crippen molar-refractivity contribution in [2.45, 2.75) is 78.0 Å². The molecule has 3 aromatic rings. The van der Waals surface area contributed by atoms with Crippen molar-refractivity contribution in [1.82, 2.24) is 21.0 Å². The summed E-state index contributed by atoms with van der Waals surface area (Å²) in [5.74, 6) is -3.27. The SMILES string of the molecule is CCCCC[C@@H](C(=O)NCNC(=O)c1cccc(-c2ccc(C(=O)N[C@@H](CC(=O)OC)C(=O)OC)c(OCC)c2)c1)[C@@H](CC)N(C=O)OCc1ccccc1. The topological polar surface area (TPSA) is 179 Å². The van der Waals surface area contributed by atoms with Gasteiger partial charge in [-0.25, -0.2) is 9.86 Å². The van der Waals surface area contributed by atoms with E-state index in [1.54, 1.807) is 43.3 Å². The number of hydrogen-bond acceptors (Lipinski definition) is 10. The van der Waals surface area contributed by atoms with Crippen molar-refractivity contribution in [2.24, 2.45) is 5.92 Å². The second-order valence-electron chi connectivity index (χ2n) is 12.6. The molecule has 3 rings (SSSR count). The van der Waals surface area contributed by atoms with Gasteiger partial charge in [0.05, 0.1) is 51.4 Å². The Morgan fingerprint density at radius 3 is 2.22 bits per heavy atom. The lowest BCUT2D eigenvalue weighted by molar-refractivity contribution is -0.200. The van der Waals surface area contributed by atoms with E-state index >= 15 is 0 Å². The molecule has 3 atom stereocenters. The molecule has 296 valence electrons. The monoisotopic (exact) mass is 760 g/mol. The molecule has 0 saturated carbocycles. The lowest BCUT2D eigenvalue weighted by Gasteiger charge is -2.32. The number of amides is 4. The Morgan fingerprint density at radius 2 is 1.56 bits per heavy atom. The Balaban J connectivity index is 1.71. The number of unbranched alkanes of at least 4 members (excludes halogenated alkanes) is 2. The van der Waals surface area contributed by atoms with Gasteiger partial charge in [-0.2, -0.15) is 0 Å². The summed E-state index contributed by atoms with van der Waals surface area (Å²) in [5, 5.41) is 9.31. The van der Waals surface area contributed by atoms with Crippen LogP contribution in [0.3, 0.4) is 0 Å². The van der Waals surface area contributed by atoms with Crippen molar-refractivity contribution in [3.05, 3.63) is 89.5 Å². The molecule has 0 aromatic heterocycles. The van der Waals surface area contributed by atoms with E-state index in [2.05, 4.69) is 27.6 Å². The van der Waals surface area contributed by atoms with E-state index in [0.29, 0.717) is 35.9 Å². The number of nitrogens with one attached hydrogen (secondary N) is 3. The lowest BCUT2D eigenvalue weighted by Crippen LogP contribution is -2.48. The van der Waals surface area contributed by atoms with Crippen LogP contribution in [0.5, 0.6) is 5.75 Å². The minimum absolute atomic E-state index is 0.117. The highest BCUT2D eigenvalue weighted by molar-refractivity contribution is 6.00. The zero-order valence-electron chi connectivity index (χ0n) is 32.1. The van der Waals surface area contributed by atoms with Crippen LogP contribution in [0, 0.1) is 5.92 Å². The van der Waals surface area contributed by atoms with Gasteiger partial charge in [0.1, 0.15) is 18.4 Å². The smallest absolute Gasteiger partial charge is 0.328 e. The number of rotatable bonds is 23. The molecule has 0 unspecified atom stereocenters. The van der Waals surface area contributed by atoms with Crippen LogP contribution in [-0.4, -0.2) is 80.7 Å². The van der Waals surface area contributed by atoms with E-state index in [-0.39, 0.29) is 37.1 Å². The predicted octanol–water partition coefficient (Wildman–Crippen LogP) is 4.96. The van der Waals surface area contributed by atoms with Gasteiger partial charge < -0.3 is 30.2 Å². The maximum absolute atomic E-state index is 13.6.